The second-order valence-electron chi connectivity index (χ2n) is 4.27. The third kappa shape index (κ3) is 2.01. The van der Waals surface area contributed by atoms with Crippen LogP contribution >= 0.6 is 0 Å². The summed E-state index contributed by atoms with van der Waals surface area (Å²) in [6, 6.07) is 12.0. The summed E-state index contributed by atoms with van der Waals surface area (Å²) in [5.74, 6) is 1.77. The van der Waals surface area contributed by atoms with Gasteiger partial charge in [0.05, 0.1) is 24.5 Å². The minimum absolute atomic E-state index is 0.848. The number of pyridine rings is 1. The number of nitrogens with zero attached hydrogens (tertiary/aromatic N) is 2. The Morgan fingerprint density at radius 3 is 2.58 bits per heavy atom. The first-order valence-corrected chi connectivity index (χ1v) is 6.11. The molecule has 4 nitrogen and oxygen atoms in total. The van der Waals surface area contributed by atoms with Gasteiger partial charge in [-0.1, -0.05) is 0 Å². The van der Waals surface area contributed by atoms with Gasteiger partial charge in [-0.15, -0.1) is 0 Å². The van der Waals surface area contributed by atoms with Crippen molar-refractivity contribution in [3.63, 3.8) is 0 Å². The van der Waals surface area contributed by atoms with Crippen LogP contribution in [-0.4, -0.2) is 23.5 Å². The first kappa shape index (κ1) is 11.6. The van der Waals surface area contributed by atoms with Crippen LogP contribution in [0.4, 0.5) is 5.69 Å². The molecule has 0 aliphatic carbocycles. The molecule has 0 saturated carbocycles. The van der Waals surface area contributed by atoms with Crippen molar-refractivity contribution in [1.29, 1.82) is 0 Å². The topological polar surface area (TPSA) is 38.6 Å². The van der Waals surface area contributed by atoms with Crippen molar-refractivity contribution in [1.82, 2.24) is 9.38 Å². The van der Waals surface area contributed by atoms with Crippen LogP contribution in [0.2, 0.25) is 0 Å². The van der Waals surface area contributed by atoms with Crippen LogP contribution in [0.25, 0.3) is 16.9 Å². The summed E-state index contributed by atoms with van der Waals surface area (Å²) in [5, 5.41) is 3.14. The quantitative estimate of drug-likeness (QED) is 0.779. The van der Waals surface area contributed by atoms with Gasteiger partial charge in [-0.25, -0.2) is 4.98 Å². The Balaban J connectivity index is 2.12. The van der Waals surface area contributed by atoms with Gasteiger partial charge in [-0.3, -0.25) is 4.40 Å². The number of hydrogen-bond acceptors (Lipinski definition) is 3. The lowest BCUT2D eigenvalue weighted by Crippen LogP contribution is -1.94. The maximum absolute atomic E-state index is 5.17. The SMILES string of the molecule is CNc1ccc2cnc(-c3ccc(OC)cc3)n2c1. The van der Waals surface area contributed by atoms with Crippen molar-refractivity contribution in [3.8, 4) is 17.1 Å². The first-order chi connectivity index (χ1) is 9.31. The van der Waals surface area contributed by atoms with Gasteiger partial charge >= 0.3 is 0 Å². The lowest BCUT2D eigenvalue weighted by Gasteiger charge is -2.05. The molecule has 0 fully saturated rings. The molecule has 0 aliphatic heterocycles. The molecule has 0 aliphatic rings. The van der Waals surface area contributed by atoms with Crippen LogP contribution in [0.15, 0.2) is 48.8 Å². The molecule has 0 bridgehead atoms. The molecule has 0 amide bonds. The molecule has 0 saturated heterocycles. The number of anilines is 1. The number of benzene rings is 1. The summed E-state index contributed by atoms with van der Waals surface area (Å²) in [7, 11) is 3.57. The Morgan fingerprint density at radius 2 is 1.89 bits per heavy atom. The summed E-state index contributed by atoms with van der Waals surface area (Å²) in [6.45, 7) is 0. The van der Waals surface area contributed by atoms with Gasteiger partial charge in [0.2, 0.25) is 0 Å². The van der Waals surface area contributed by atoms with E-state index in [1.165, 1.54) is 0 Å². The number of fused-ring (bicyclic) bond motifs is 1. The number of hydrogen-bond donors (Lipinski definition) is 1. The molecule has 1 N–H and O–H groups in total. The van der Waals surface area contributed by atoms with Gasteiger partial charge in [-0.2, -0.15) is 0 Å². The number of rotatable bonds is 3. The fraction of sp³-hybridized carbons (Fsp3) is 0.133. The maximum Gasteiger partial charge on any atom is 0.144 e. The molecule has 4 heteroatoms. The van der Waals surface area contributed by atoms with E-state index >= 15 is 0 Å². The van der Waals surface area contributed by atoms with Crippen LogP contribution in [0.3, 0.4) is 0 Å². The summed E-state index contributed by atoms with van der Waals surface area (Å²) >= 11 is 0. The number of aromatic nitrogens is 2. The highest BCUT2D eigenvalue weighted by molar-refractivity contribution is 5.65. The molecule has 2 aromatic heterocycles. The van der Waals surface area contributed by atoms with E-state index < -0.39 is 0 Å². The van der Waals surface area contributed by atoms with Crippen molar-refractivity contribution >= 4 is 11.2 Å². The molecule has 3 rings (SSSR count). The Bertz CT molecular complexity index is 701. The Kier molecular flexibility index (Phi) is 2.83. The highest BCUT2D eigenvalue weighted by Crippen LogP contribution is 2.23. The van der Waals surface area contributed by atoms with E-state index in [4.69, 9.17) is 4.74 Å². The normalized spacial score (nSPS) is 10.6. The molecular formula is C15H15N3O. The third-order valence-corrected chi connectivity index (χ3v) is 3.16. The van der Waals surface area contributed by atoms with E-state index in [2.05, 4.69) is 14.7 Å². The van der Waals surface area contributed by atoms with Crippen molar-refractivity contribution in [2.45, 2.75) is 0 Å². The first-order valence-electron chi connectivity index (χ1n) is 6.11. The number of imidazole rings is 1. The molecule has 1 aromatic carbocycles. The van der Waals surface area contributed by atoms with E-state index in [9.17, 15) is 0 Å². The molecule has 19 heavy (non-hydrogen) atoms. The second kappa shape index (κ2) is 4.65. The van der Waals surface area contributed by atoms with Gasteiger partial charge in [0.15, 0.2) is 0 Å². The average Bonchev–Trinajstić information content (AvgIpc) is 2.90. The fourth-order valence-corrected chi connectivity index (χ4v) is 2.09. The zero-order valence-corrected chi connectivity index (χ0v) is 10.9. The lowest BCUT2D eigenvalue weighted by atomic mass is 10.2. The predicted molar refractivity (Wildman–Crippen MR) is 76.7 cm³/mol. The van der Waals surface area contributed by atoms with Crippen molar-refractivity contribution in [3.05, 3.63) is 48.8 Å². The van der Waals surface area contributed by atoms with E-state index in [-0.39, 0.29) is 0 Å². The maximum atomic E-state index is 5.17. The predicted octanol–water partition coefficient (Wildman–Crippen LogP) is 3.05. The average molecular weight is 253 g/mol. The van der Waals surface area contributed by atoms with Gasteiger partial charge in [-0.05, 0) is 36.4 Å². The molecule has 0 radical (unpaired) electrons. The zero-order chi connectivity index (χ0) is 13.2. The summed E-state index contributed by atoms with van der Waals surface area (Å²) < 4.78 is 7.25. The standard InChI is InChI=1S/C15H15N3O/c1-16-12-5-6-13-9-17-15(18(13)10-12)11-3-7-14(19-2)8-4-11/h3-10,16H,1-2H3. The zero-order valence-electron chi connectivity index (χ0n) is 10.9. The van der Waals surface area contributed by atoms with Gasteiger partial charge < -0.3 is 10.1 Å². The molecule has 2 heterocycles. The minimum atomic E-state index is 0.848. The van der Waals surface area contributed by atoms with Crippen LogP contribution in [0.1, 0.15) is 0 Å². The molecule has 0 unspecified atom stereocenters. The van der Waals surface area contributed by atoms with Gasteiger partial charge in [0.25, 0.3) is 0 Å². The number of ether oxygens (including phenoxy) is 1. The summed E-state index contributed by atoms with van der Waals surface area (Å²) in [6.07, 6.45) is 3.92. The monoisotopic (exact) mass is 253 g/mol. The molecule has 0 atom stereocenters. The van der Waals surface area contributed by atoms with Crippen molar-refractivity contribution in [2.24, 2.45) is 0 Å². The summed E-state index contributed by atoms with van der Waals surface area (Å²) in [4.78, 5) is 4.49. The van der Waals surface area contributed by atoms with Gasteiger partial charge in [0, 0.05) is 18.8 Å². The third-order valence-electron chi connectivity index (χ3n) is 3.16. The van der Waals surface area contributed by atoms with Crippen molar-refractivity contribution < 1.29 is 4.74 Å². The summed E-state index contributed by atoms with van der Waals surface area (Å²) in [5.41, 5.74) is 3.19. The number of methoxy groups -OCH3 is 1. The van der Waals surface area contributed by atoms with E-state index in [1.54, 1.807) is 7.11 Å². The molecule has 96 valence electrons. The van der Waals surface area contributed by atoms with Crippen LogP contribution < -0.4 is 10.1 Å². The van der Waals surface area contributed by atoms with Crippen LogP contribution in [0.5, 0.6) is 5.75 Å². The molecule has 0 spiro atoms. The highest BCUT2D eigenvalue weighted by atomic mass is 16.5. The Hall–Kier alpha value is -2.49. The molecular weight excluding hydrogens is 238 g/mol. The highest BCUT2D eigenvalue weighted by Gasteiger charge is 2.06. The van der Waals surface area contributed by atoms with Crippen molar-refractivity contribution in [2.75, 3.05) is 19.5 Å². The van der Waals surface area contributed by atoms with E-state index in [0.29, 0.717) is 0 Å². The fourth-order valence-electron chi connectivity index (χ4n) is 2.09. The smallest absolute Gasteiger partial charge is 0.144 e. The van der Waals surface area contributed by atoms with Gasteiger partial charge in [0.1, 0.15) is 11.6 Å². The number of nitrogens with one attached hydrogen (secondary N) is 1. The minimum Gasteiger partial charge on any atom is -0.497 e. The van der Waals surface area contributed by atoms with Crippen LogP contribution in [0, 0.1) is 0 Å². The van der Waals surface area contributed by atoms with Crippen LogP contribution in [-0.2, 0) is 0 Å². The lowest BCUT2D eigenvalue weighted by molar-refractivity contribution is 0.415. The largest absolute Gasteiger partial charge is 0.497 e. The van der Waals surface area contributed by atoms with E-state index in [1.807, 2.05) is 55.8 Å². The Morgan fingerprint density at radius 1 is 1.11 bits per heavy atom. The Labute approximate surface area is 111 Å². The molecule has 3 aromatic rings. The second-order valence-corrected chi connectivity index (χ2v) is 4.27. The van der Waals surface area contributed by atoms with E-state index in [0.717, 1.165) is 28.3 Å².